The van der Waals surface area contributed by atoms with Crippen LogP contribution in [0, 0.1) is 5.92 Å². The van der Waals surface area contributed by atoms with Gasteiger partial charge in [-0.05, 0) is 68.3 Å². The minimum atomic E-state index is -0.489. The predicted molar refractivity (Wildman–Crippen MR) is 84.8 cm³/mol. The maximum Gasteiger partial charge on any atom is 0.251 e. The smallest absolute Gasteiger partial charge is 0.251 e. The number of carbonyl (C=O) groups is 1. The summed E-state index contributed by atoms with van der Waals surface area (Å²) in [6.45, 7) is 3.33. The third kappa shape index (κ3) is 2.44. The van der Waals surface area contributed by atoms with Crippen LogP contribution in [0.1, 0.15) is 53.3 Å². The third-order valence-electron chi connectivity index (χ3n) is 5.67. The summed E-state index contributed by atoms with van der Waals surface area (Å²) in [5, 5.41) is 13.6. The van der Waals surface area contributed by atoms with Crippen LogP contribution in [0.4, 0.5) is 0 Å². The molecule has 2 bridgehead atoms. The van der Waals surface area contributed by atoms with Crippen molar-refractivity contribution in [2.75, 3.05) is 19.6 Å². The van der Waals surface area contributed by atoms with Crippen LogP contribution in [-0.2, 0) is 6.42 Å². The van der Waals surface area contributed by atoms with Gasteiger partial charge in [0.05, 0.1) is 6.10 Å². The second-order valence-corrected chi connectivity index (χ2v) is 7.00. The molecule has 2 N–H and O–H groups in total. The number of rotatable bonds is 2. The van der Waals surface area contributed by atoms with Crippen molar-refractivity contribution in [3.63, 3.8) is 0 Å². The Bertz CT molecular complexity index is 578. The average Bonchev–Trinajstić information content (AvgIpc) is 2.56. The maximum absolute atomic E-state index is 12.8. The zero-order chi connectivity index (χ0) is 15.1. The average molecular weight is 300 g/mol. The van der Waals surface area contributed by atoms with Crippen LogP contribution in [0.25, 0.3) is 0 Å². The molecule has 4 aliphatic rings. The van der Waals surface area contributed by atoms with Crippen LogP contribution in [0.3, 0.4) is 0 Å². The van der Waals surface area contributed by atoms with E-state index < -0.39 is 6.10 Å². The van der Waals surface area contributed by atoms with E-state index in [0.717, 1.165) is 36.9 Å². The lowest BCUT2D eigenvalue weighted by molar-refractivity contribution is 0.0616. The summed E-state index contributed by atoms with van der Waals surface area (Å²) in [5.41, 5.74) is 2.69. The number of hydrogen-bond acceptors (Lipinski definition) is 3. The van der Waals surface area contributed by atoms with Gasteiger partial charge in [0.15, 0.2) is 0 Å². The number of piperidine rings is 3. The molecular formula is C18H24N2O2. The largest absolute Gasteiger partial charge is 0.388 e. The Hall–Kier alpha value is -1.39. The lowest BCUT2D eigenvalue weighted by Gasteiger charge is -2.45. The number of aliphatic hydroxyl groups is 1. The molecule has 1 aromatic carbocycles. The van der Waals surface area contributed by atoms with E-state index in [4.69, 9.17) is 0 Å². The van der Waals surface area contributed by atoms with Crippen LogP contribution in [0.5, 0.6) is 0 Å². The first-order valence-corrected chi connectivity index (χ1v) is 8.55. The molecule has 5 rings (SSSR count). The Morgan fingerprint density at radius 2 is 2.05 bits per heavy atom. The second-order valence-electron chi connectivity index (χ2n) is 7.00. The summed E-state index contributed by atoms with van der Waals surface area (Å²) in [6.07, 6.45) is 4.63. The Morgan fingerprint density at radius 3 is 2.77 bits per heavy atom. The third-order valence-corrected chi connectivity index (χ3v) is 5.67. The van der Waals surface area contributed by atoms with Gasteiger partial charge in [-0.25, -0.2) is 0 Å². The van der Waals surface area contributed by atoms with E-state index in [1.54, 1.807) is 0 Å². The van der Waals surface area contributed by atoms with Crippen molar-refractivity contribution >= 4 is 5.91 Å². The number of aryl methyl sites for hydroxylation is 1. The van der Waals surface area contributed by atoms with Crippen LogP contribution >= 0.6 is 0 Å². The van der Waals surface area contributed by atoms with Gasteiger partial charge in [0, 0.05) is 18.2 Å². The molecule has 118 valence electrons. The lowest BCUT2D eigenvalue weighted by Crippen LogP contribution is -2.57. The number of amides is 1. The first-order chi connectivity index (χ1) is 10.7. The van der Waals surface area contributed by atoms with Gasteiger partial charge in [-0.2, -0.15) is 0 Å². The first-order valence-electron chi connectivity index (χ1n) is 8.55. The van der Waals surface area contributed by atoms with Crippen molar-refractivity contribution < 1.29 is 9.90 Å². The fraction of sp³-hybridized carbons (Fsp3) is 0.611. The molecule has 2 atom stereocenters. The van der Waals surface area contributed by atoms with E-state index in [0.29, 0.717) is 11.5 Å². The zero-order valence-electron chi connectivity index (χ0n) is 12.9. The van der Waals surface area contributed by atoms with Gasteiger partial charge >= 0.3 is 0 Å². The summed E-state index contributed by atoms with van der Waals surface area (Å²) in [4.78, 5) is 15.2. The number of benzene rings is 1. The van der Waals surface area contributed by atoms with Crippen molar-refractivity contribution in [1.82, 2.24) is 10.2 Å². The Kier molecular flexibility index (Phi) is 3.66. The molecule has 3 aliphatic heterocycles. The SMILES string of the molecule is O=C(N[C@@H]1CN2CCC1CC2)c1cccc2c1C(O)CCC2. The molecule has 1 unspecified atom stereocenters. The fourth-order valence-corrected chi connectivity index (χ4v) is 4.43. The minimum Gasteiger partial charge on any atom is -0.388 e. The highest BCUT2D eigenvalue weighted by Crippen LogP contribution is 2.33. The topological polar surface area (TPSA) is 52.6 Å². The Morgan fingerprint density at radius 1 is 1.23 bits per heavy atom. The number of nitrogens with zero attached hydrogens (tertiary/aromatic N) is 1. The molecule has 1 aromatic rings. The molecule has 0 radical (unpaired) electrons. The summed E-state index contributed by atoms with van der Waals surface area (Å²) in [7, 11) is 0. The van der Waals surface area contributed by atoms with E-state index in [9.17, 15) is 9.90 Å². The molecule has 4 heteroatoms. The van der Waals surface area contributed by atoms with Gasteiger partial charge in [-0.3, -0.25) is 4.79 Å². The summed E-state index contributed by atoms with van der Waals surface area (Å²) in [5.74, 6) is 0.620. The van der Waals surface area contributed by atoms with Gasteiger partial charge in [0.1, 0.15) is 0 Å². The molecular weight excluding hydrogens is 276 g/mol. The summed E-state index contributed by atoms with van der Waals surface area (Å²) < 4.78 is 0. The molecule has 3 heterocycles. The number of nitrogens with one attached hydrogen (secondary N) is 1. The first kappa shape index (κ1) is 14.2. The van der Waals surface area contributed by atoms with E-state index in [2.05, 4.69) is 10.2 Å². The van der Waals surface area contributed by atoms with Crippen LogP contribution in [0.2, 0.25) is 0 Å². The normalized spacial score (nSPS) is 33.3. The van der Waals surface area contributed by atoms with Gasteiger partial charge in [0.25, 0.3) is 5.91 Å². The Balaban J connectivity index is 1.56. The molecule has 1 aliphatic carbocycles. The molecule has 0 saturated carbocycles. The van der Waals surface area contributed by atoms with E-state index in [1.165, 1.54) is 25.9 Å². The van der Waals surface area contributed by atoms with Crippen LogP contribution in [0.15, 0.2) is 18.2 Å². The molecule has 0 aromatic heterocycles. The number of hydrogen-bond donors (Lipinski definition) is 2. The molecule has 0 spiro atoms. The standard InChI is InChI=1S/C18H24N2O2/c21-16-6-2-4-13-3-1-5-14(17(13)16)18(22)19-15-11-20-9-7-12(15)8-10-20/h1,3,5,12,15-16,21H,2,4,6-11H2,(H,19,22)/t15-,16?/m1/s1. The van der Waals surface area contributed by atoms with Crippen molar-refractivity contribution in [2.45, 2.75) is 44.2 Å². The van der Waals surface area contributed by atoms with E-state index >= 15 is 0 Å². The van der Waals surface area contributed by atoms with E-state index in [1.807, 2.05) is 18.2 Å². The highest BCUT2D eigenvalue weighted by Gasteiger charge is 2.35. The molecule has 22 heavy (non-hydrogen) atoms. The Labute approximate surface area is 131 Å². The molecule has 3 saturated heterocycles. The van der Waals surface area contributed by atoms with Gasteiger partial charge in [0.2, 0.25) is 0 Å². The molecule has 1 amide bonds. The van der Waals surface area contributed by atoms with Crippen LogP contribution < -0.4 is 5.32 Å². The van der Waals surface area contributed by atoms with Gasteiger partial charge in [-0.1, -0.05) is 12.1 Å². The number of fused-ring (bicyclic) bond motifs is 4. The fourth-order valence-electron chi connectivity index (χ4n) is 4.43. The quantitative estimate of drug-likeness (QED) is 0.877. The second kappa shape index (κ2) is 5.67. The zero-order valence-corrected chi connectivity index (χ0v) is 12.9. The van der Waals surface area contributed by atoms with Crippen LogP contribution in [-0.4, -0.2) is 41.6 Å². The highest BCUT2D eigenvalue weighted by molar-refractivity contribution is 5.96. The van der Waals surface area contributed by atoms with E-state index in [-0.39, 0.29) is 11.9 Å². The highest BCUT2D eigenvalue weighted by atomic mass is 16.3. The minimum absolute atomic E-state index is 0.00319. The number of carbonyl (C=O) groups excluding carboxylic acids is 1. The van der Waals surface area contributed by atoms with Crippen molar-refractivity contribution in [3.8, 4) is 0 Å². The summed E-state index contributed by atoms with van der Waals surface area (Å²) >= 11 is 0. The van der Waals surface area contributed by atoms with Crippen molar-refractivity contribution in [3.05, 3.63) is 34.9 Å². The van der Waals surface area contributed by atoms with Gasteiger partial charge < -0.3 is 15.3 Å². The molecule has 4 nitrogen and oxygen atoms in total. The number of aliphatic hydroxyl groups excluding tert-OH is 1. The maximum atomic E-state index is 12.8. The lowest BCUT2D eigenvalue weighted by atomic mass is 9.83. The molecule has 3 fully saturated rings. The van der Waals surface area contributed by atoms with Crippen molar-refractivity contribution in [1.29, 1.82) is 0 Å². The van der Waals surface area contributed by atoms with Gasteiger partial charge in [-0.15, -0.1) is 0 Å². The van der Waals surface area contributed by atoms with Crippen molar-refractivity contribution in [2.24, 2.45) is 5.92 Å². The predicted octanol–water partition coefficient (Wildman–Crippen LogP) is 1.88. The monoisotopic (exact) mass is 300 g/mol. The summed E-state index contributed by atoms with van der Waals surface area (Å²) in [6, 6.07) is 6.13.